The predicted octanol–water partition coefficient (Wildman–Crippen LogP) is 5.58. The number of esters is 1. The summed E-state index contributed by atoms with van der Waals surface area (Å²) in [5, 5.41) is 16.9. The highest BCUT2D eigenvalue weighted by Crippen LogP contribution is 2.34. The number of rotatable bonds is 7. The van der Waals surface area contributed by atoms with E-state index in [0.717, 1.165) is 6.21 Å². The van der Waals surface area contributed by atoms with E-state index in [4.69, 9.17) is 32.4 Å². The second kappa shape index (κ2) is 10.7. The molecule has 11 heteroatoms. The monoisotopic (exact) mass is 587 g/mol. The Morgan fingerprint density at radius 3 is 2.72 bits per heavy atom. The fourth-order valence-corrected chi connectivity index (χ4v) is 3.33. The molecular weight excluding hydrogens is 572 g/mol. The minimum atomic E-state index is -0.691. The summed E-state index contributed by atoms with van der Waals surface area (Å²) < 4.78 is 11.3. The quantitative estimate of drug-likeness (QED) is 0.144. The molecule has 0 aliphatic carbocycles. The first kappa shape index (κ1) is 23.9. The molecule has 0 aliphatic rings. The Kier molecular flexibility index (Phi) is 7.99. The van der Waals surface area contributed by atoms with Crippen molar-refractivity contribution in [3.8, 4) is 5.75 Å². The Labute approximate surface area is 206 Å². The van der Waals surface area contributed by atoms with Gasteiger partial charge in [0.1, 0.15) is 16.3 Å². The number of aromatic hydroxyl groups is 1. The first-order valence-corrected chi connectivity index (χ1v) is 11.0. The lowest BCUT2D eigenvalue weighted by Crippen LogP contribution is -2.17. The number of halogens is 3. The largest absolute Gasteiger partial charge is 0.507 e. The maximum Gasteiger partial charge on any atom is 0.345 e. The fraction of sp³-hybridized carbons (Fsp3) is 0.0952. The molecule has 32 heavy (non-hydrogen) atoms. The van der Waals surface area contributed by atoms with Gasteiger partial charge < -0.3 is 19.6 Å². The summed E-state index contributed by atoms with van der Waals surface area (Å²) in [6.45, 7) is 1.80. The Hall–Kier alpha value is -2.76. The summed E-state index contributed by atoms with van der Waals surface area (Å²) in [5.41, 5.74) is 3.05. The van der Waals surface area contributed by atoms with Gasteiger partial charge in [-0.15, -0.1) is 0 Å². The molecule has 0 radical (unpaired) electrons. The van der Waals surface area contributed by atoms with Crippen LogP contribution in [0, 0.1) is 3.57 Å². The van der Waals surface area contributed by atoms with Crippen LogP contribution >= 0.6 is 45.8 Å². The third-order valence-corrected chi connectivity index (χ3v) is 5.52. The Balaban J connectivity index is 1.84. The number of furan rings is 1. The molecule has 0 spiro atoms. The molecule has 1 aromatic heterocycles. The number of amides is 1. The van der Waals surface area contributed by atoms with Gasteiger partial charge in [-0.05, 0) is 65.9 Å². The molecule has 0 bridgehead atoms. The minimum absolute atomic E-state index is 0.0185. The lowest BCUT2D eigenvalue weighted by molar-refractivity contribution is 0.0527. The summed E-state index contributed by atoms with van der Waals surface area (Å²) in [4.78, 5) is 24.6. The molecule has 0 fully saturated rings. The van der Waals surface area contributed by atoms with Gasteiger partial charge in [-0.2, -0.15) is 5.10 Å². The molecule has 0 unspecified atom stereocenters. The van der Waals surface area contributed by atoms with E-state index in [1.807, 2.05) is 22.6 Å². The lowest BCUT2D eigenvalue weighted by Gasteiger charge is -2.06. The molecule has 3 N–H and O–H groups in total. The van der Waals surface area contributed by atoms with E-state index in [0.29, 0.717) is 14.3 Å². The topological polar surface area (TPSA) is 113 Å². The van der Waals surface area contributed by atoms with Crippen molar-refractivity contribution in [1.82, 2.24) is 5.43 Å². The number of carbonyl (C=O) groups is 2. The predicted molar refractivity (Wildman–Crippen MR) is 130 cm³/mol. The molecule has 0 saturated carbocycles. The first-order valence-electron chi connectivity index (χ1n) is 9.14. The Morgan fingerprint density at radius 2 is 2.03 bits per heavy atom. The zero-order valence-corrected chi connectivity index (χ0v) is 20.2. The molecule has 0 saturated heterocycles. The zero-order chi connectivity index (χ0) is 23.3. The van der Waals surface area contributed by atoms with E-state index in [1.54, 1.807) is 37.3 Å². The smallest absolute Gasteiger partial charge is 0.345 e. The lowest BCUT2D eigenvalue weighted by atomic mass is 10.2. The van der Waals surface area contributed by atoms with Crippen molar-refractivity contribution >= 4 is 75.5 Å². The van der Waals surface area contributed by atoms with Crippen molar-refractivity contribution in [2.24, 2.45) is 5.10 Å². The third-order valence-electron chi connectivity index (χ3n) is 3.99. The number of phenolic OH excluding ortho intramolecular Hbond substituents is 1. The third kappa shape index (κ3) is 5.72. The van der Waals surface area contributed by atoms with Crippen LogP contribution in [0.1, 0.15) is 33.4 Å². The number of nitrogens with one attached hydrogen (secondary N) is 2. The molecule has 0 atom stereocenters. The van der Waals surface area contributed by atoms with Gasteiger partial charge in [-0.3, -0.25) is 4.79 Å². The van der Waals surface area contributed by atoms with Gasteiger partial charge in [-0.1, -0.05) is 29.3 Å². The van der Waals surface area contributed by atoms with Crippen molar-refractivity contribution in [1.29, 1.82) is 0 Å². The van der Waals surface area contributed by atoms with Gasteiger partial charge in [0.2, 0.25) is 5.88 Å². The van der Waals surface area contributed by atoms with Crippen LogP contribution in [-0.4, -0.2) is 29.8 Å². The summed E-state index contributed by atoms with van der Waals surface area (Å²) in [6.07, 6.45) is 1.15. The average molecular weight is 588 g/mol. The number of hydrogen-bond donors (Lipinski definition) is 3. The summed E-state index contributed by atoms with van der Waals surface area (Å²) in [6, 6.07) is 11.2. The SMILES string of the molecule is CCOC(=O)c1c(Nc2cccc(Cl)c2)oc(/C=N\NC(=O)c2ccc(I)c(O)c2)c1Cl. The number of carbonyl (C=O) groups excluding carboxylic acids is 2. The molecule has 3 rings (SSSR count). The van der Waals surface area contributed by atoms with Crippen LogP contribution in [0.5, 0.6) is 5.75 Å². The van der Waals surface area contributed by atoms with Crippen LogP contribution in [0.3, 0.4) is 0 Å². The first-order chi connectivity index (χ1) is 15.3. The van der Waals surface area contributed by atoms with Crippen molar-refractivity contribution in [2.75, 3.05) is 11.9 Å². The summed E-state index contributed by atoms with van der Waals surface area (Å²) >= 11 is 14.3. The highest BCUT2D eigenvalue weighted by atomic mass is 127. The number of phenols is 1. The molecule has 1 amide bonds. The number of nitrogens with zero attached hydrogens (tertiary/aromatic N) is 1. The van der Waals surface area contributed by atoms with Gasteiger partial charge in [0, 0.05) is 16.3 Å². The number of hydrazone groups is 1. The Bertz CT molecular complexity index is 1200. The van der Waals surface area contributed by atoms with Gasteiger partial charge in [0.25, 0.3) is 5.91 Å². The van der Waals surface area contributed by atoms with Gasteiger partial charge in [0.05, 0.1) is 16.4 Å². The van der Waals surface area contributed by atoms with Crippen LogP contribution in [0.4, 0.5) is 11.6 Å². The van der Waals surface area contributed by atoms with E-state index in [-0.39, 0.29) is 40.2 Å². The van der Waals surface area contributed by atoms with Crippen LogP contribution in [0.2, 0.25) is 10.0 Å². The number of ether oxygens (including phenoxy) is 1. The fourth-order valence-electron chi connectivity index (χ4n) is 2.55. The van der Waals surface area contributed by atoms with E-state index in [9.17, 15) is 14.7 Å². The molecule has 0 aliphatic heterocycles. The van der Waals surface area contributed by atoms with Crippen molar-refractivity contribution in [3.63, 3.8) is 0 Å². The molecule has 166 valence electrons. The number of anilines is 2. The maximum atomic E-state index is 12.4. The van der Waals surface area contributed by atoms with Crippen LogP contribution in [-0.2, 0) is 4.74 Å². The zero-order valence-electron chi connectivity index (χ0n) is 16.5. The minimum Gasteiger partial charge on any atom is -0.507 e. The Morgan fingerprint density at radius 1 is 1.25 bits per heavy atom. The number of benzene rings is 2. The molecular formula is C21H16Cl2IN3O5. The van der Waals surface area contributed by atoms with E-state index in [2.05, 4.69) is 15.8 Å². The van der Waals surface area contributed by atoms with E-state index >= 15 is 0 Å². The molecule has 1 heterocycles. The van der Waals surface area contributed by atoms with Gasteiger partial charge in [-0.25, -0.2) is 10.2 Å². The van der Waals surface area contributed by atoms with Crippen molar-refractivity contribution in [3.05, 3.63) is 73.0 Å². The maximum absolute atomic E-state index is 12.4. The van der Waals surface area contributed by atoms with E-state index < -0.39 is 11.9 Å². The van der Waals surface area contributed by atoms with Crippen LogP contribution in [0.25, 0.3) is 0 Å². The van der Waals surface area contributed by atoms with Gasteiger partial charge >= 0.3 is 5.97 Å². The molecule has 2 aromatic carbocycles. The van der Waals surface area contributed by atoms with Crippen molar-refractivity contribution < 1.29 is 23.8 Å². The van der Waals surface area contributed by atoms with Crippen molar-refractivity contribution in [2.45, 2.75) is 6.92 Å². The normalized spacial score (nSPS) is 10.9. The van der Waals surface area contributed by atoms with E-state index in [1.165, 1.54) is 12.1 Å². The summed E-state index contributed by atoms with van der Waals surface area (Å²) in [7, 11) is 0. The second-order valence-corrected chi connectivity index (χ2v) is 8.18. The standard InChI is InChI=1S/C21H16Cl2IN3O5/c1-2-31-21(30)17-18(23)16(32-20(17)26-13-5-3-4-12(22)9-13)10-25-27-19(29)11-6-7-14(24)15(28)8-11/h3-10,26,28H,2H2,1H3,(H,27,29)/b25-10-. The summed E-state index contributed by atoms with van der Waals surface area (Å²) in [5.74, 6) is -1.22. The highest BCUT2D eigenvalue weighted by Gasteiger charge is 2.25. The van der Waals surface area contributed by atoms with Gasteiger partial charge in [0.15, 0.2) is 5.76 Å². The highest BCUT2D eigenvalue weighted by molar-refractivity contribution is 14.1. The number of hydrogen-bond acceptors (Lipinski definition) is 7. The van der Waals surface area contributed by atoms with Crippen LogP contribution in [0.15, 0.2) is 52.0 Å². The second-order valence-electron chi connectivity index (χ2n) is 6.21. The average Bonchev–Trinajstić information content (AvgIpc) is 3.05. The molecule has 3 aromatic rings. The molecule has 8 nitrogen and oxygen atoms in total. The van der Waals surface area contributed by atoms with Crippen LogP contribution < -0.4 is 10.7 Å².